The maximum atomic E-state index is 5.55. The van der Waals surface area contributed by atoms with Gasteiger partial charge in [0.05, 0.1) is 6.61 Å². The van der Waals surface area contributed by atoms with Crippen LogP contribution in [0, 0.1) is 5.92 Å². The van der Waals surface area contributed by atoms with Crippen LogP contribution in [0.2, 0.25) is 0 Å². The molecule has 1 fully saturated rings. The summed E-state index contributed by atoms with van der Waals surface area (Å²) in [5, 5.41) is 6.41. The molecule has 0 aromatic carbocycles. The van der Waals surface area contributed by atoms with Crippen molar-refractivity contribution in [1.82, 2.24) is 9.97 Å². The molecule has 2 rings (SSSR count). The highest BCUT2D eigenvalue weighted by atomic mass is 16.5. The van der Waals surface area contributed by atoms with Gasteiger partial charge in [-0.05, 0) is 31.2 Å². The van der Waals surface area contributed by atoms with Crippen LogP contribution < -0.4 is 10.6 Å². The van der Waals surface area contributed by atoms with Gasteiger partial charge in [-0.3, -0.25) is 0 Å². The fourth-order valence-electron chi connectivity index (χ4n) is 1.56. The van der Waals surface area contributed by atoms with Crippen LogP contribution in [0.15, 0.2) is 12.3 Å². The quantitative estimate of drug-likeness (QED) is 0.658. The van der Waals surface area contributed by atoms with Gasteiger partial charge in [0, 0.05) is 25.9 Å². The van der Waals surface area contributed by atoms with Gasteiger partial charge in [0.15, 0.2) is 0 Å². The summed E-state index contributed by atoms with van der Waals surface area (Å²) < 4.78 is 5.55. The van der Waals surface area contributed by atoms with Gasteiger partial charge in [-0.1, -0.05) is 6.92 Å². The van der Waals surface area contributed by atoms with E-state index in [9.17, 15) is 0 Å². The van der Waals surface area contributed by atoms with E-state index in [2.05, 4.69) is 27.5 Å². The van der Waals surface area contributed by atoms with Crippen molar-refractivity contribution >= 4 is 11.8 Å². The third-order valence-corrected chi connectivity index (χ3v) is 2.79. The first-order chi connectivity index (χ1) is 8.88. The molecule has 1 aliphatic carbocycles. The van der Waals surface area contributed by atoms with Crippen LogP contribution in [-0.4, -0.2) is 36.3 Å². The standard InChI is InChI=1S/C13H22N4O/c1-2-6-15-13-16-7-5-12(17-13)14-8-9-18-10-11-3-4-11/h5,7,11H,2-4,6,8-10H2,1H3,(H2,14,15,16,17). The fraction of sp³-hybridized carbons (Fsp3) is 0.692. The third-order valence-electron chi connectivity index (χ3n) is 2.79. The zero-order valence-electron chi connectivity index (χ0n) is 11.0. The first-order valence-electron chi connectivity index (χ1n) is 6.77. The molecule has 1 aliphatic rings. The fourth-order valence-corrected chi connectivity index (χ4v) is 1.56. The molecule has 0 amide bonds. The Balaban J connectivity index is 1.64. The summed E-state index contributed by atoms with van der Waals surface area (Å²) in [7, 11) is 0. The summed E-state index contributed by atoms with van der Waals surface area (Å²) in [4.78, 5) is 8.53. The van der Waals surface area contributed by atoms with Gasteiger partial charge < -0.3 is 15.4 Å². The van der Waals surface area contributed by atoms with Gasteiger partial charge in [-0.15, -0.1) is 0 Å². The molecule has 0 aliphatic heterocycles. The monoisotopic (exact) mass is 250 g/mol. The summed E-state index contributed by atoms with van der Waals surface area (Å²) in [6, 6.07) is 1.87. The summed E-state index contributed by atoms with van der Waals surface area (Å²) in [5.74, 6) is 2.35. The van der Waals surface area contributed by atoms with E-state index in [1.165, 1.54) is 12.8 Å². The molecule has 0 saturated heterocycles. The average molecular weight is 250 g/mol. The van der Waals surface area contributed by atoms with Crippen LogP contribution in [0.5, 0.6) is 0 Å². The zero-order valence-corrected chi connectivity index (χ0v) is 11.0. The number of nitrogens with one attached hydrogen (secondary N) is 2. The Hall–Kier alpha value is -1.36. The van der Waals surface area contributed by atoms with Gasteiger partial charge in [-0.25, -0.2) is 4.98 Å². The molecular weight excluding hydrogens is 228 g/mol. The smallest absolute Gasteiger partial charge is 0.224 e. The second kappa shape index (κ2) is 7.16. The van der Waals surface area contributed by atoms with Crippen molar-refractivity contribution in [2.75, 3.05) is 36.9 Å². The Morgan fingerprint density at radius 2 is 2.22 bits per heavy atom. The number of ether oxygens (including phenoxy) is 1. The van der Waals surface area contributed by atoms with Gasteiger partial charge in [-0.2, -0.15) is 4.98 Å². The minimum Gasteiger partial charge on any atom is -0.379 e. The maximum Gasteiger partial charge on any atom is 0.224 e. The van der Waals surface area contributed by atoms with Crippen LogP contribution in [0.1, 0.15) is 26.2 Å². The lowest BCUT2D eigenvalue weighted by Crippen LogP contribution is -2.12. The summed E-state index contributed by atoms with van der Waals surface area (Å²) in [6.07, 6.45) is 5.51. The van der Waals surface area contributed by atoms with Crippen molar-refractivity contribution in [1.29, 1.82) is 0 Å². The molecule has 0 unspecified atom stereocenters. The molecule has 0 bridgehead atoms. The summed E-state index contributed by atoms with van der Waals surface area (Å²) in [5.41, 5.74) is 0. The second-order valence-electron chi connectivity index (χ2n) is 4.64. The van der Waals surface area contributed by atoms with E-state index in [1.54, 1.807) is 6.20 Å². The molecule has 1 heterocycles. The van der Waals surface area contributed by atoms with Crippen molar-refractivity contribution in [3.8, 4) is 0 Å². The second-order valence-corrected chi connectivity index (χ2v) is 4.64. The molecule has 0 spiro atoms. The topological polar surface area (TPSA) is 59.1 Å². The largest absolute Gasteiger partial charge is 0.379 e. The van der Waals surface area contributed by atoms with E-state index in [4.69, 9.17) is 4.74 Å². The van der Waals surface area contributed by atoms with Crippen LogP contribution in [0.25, 0.3) is 0 Å². The van der Waals surface area contributed by atoms with Crippen LogP contribution in [0.3, 0.4) is 0 Å². The van der Waals surface area contributed by atoms with Crippen LogP contribution in [0.4, 0.5) is 11.8 Å². The lowest BCUT2D eigenvalue weighted by molar-refractivity contribution is 0.134. The highest BCUT2D eigenvalue weighted by Crippen LogP contribution is 2.28. The number of hydrogen-bond acceptors (Lipinski definition) is 5. The number of aromatic nitrogens is 2. The molecule has 5 heteroatoms. The number of rotatable bonds is 9. The predicted octanol–water partition coefficient (Wildman–Crippen LogP) is 2.14. The van der Waals surface area contributed by atoms with Crippen molar-refractivity contribution in [2.45, 2.75) is 26.2 Å². The molecule has 100 valence electrons. The van der Waals surface area contributed by atoms with E-state index in [1.807, 2.05) is 6.07 Å². The normalized spacial score (nSPS) is 14.5. The molecule has 5 nitrogen and oxygen atoms in total. The number of hydrogen-bond donors (Lipinski definition) is 2. The van der Waals surface area contributed by atoms with E-state index in [0.717, 1.165) is 44.5 Å². The van der Waals surface area contributed by atoms with Gasteiger partial charge in [0.2, 0.25) is 5.95 Å². The molecule has 1 saturated carbocycles. The Labute approximate surface area is 108 Å². The van der Waals surface area contributed by atoms with E-state index >= 15 is 0 Å². The Morgan fingerprint density at radius 3 is 3.00 bits per heavy atom. The molecule has 0 radical (unpaired) electrons. The van der Waals surface area contributed by atoms with Gasteiger partial charge in [0.25, 0.3) is 0 Å². The first kappa shape index (κ1) is 13.1. The first-order valence-corrected chi connectivity index (χ1v) is 6.77. The molecule has 1 aromatic rings. The minimum absolute atomic E-state index is 0.681. The van der Waals surface area contributed by atoms with E-state index < -0.39 is 0 Å². The minimum atomic E-state index is 0.681. The number of nitrogens with zero attached hydrogens (tertiary/aromatic N) is 2. The lowest BCUT2D eigenvalue weighted by Gasteiger charge is -2.08. The van der Waals surface area contributed by atoms with Gasteiger partial charge >= 0.3 is 0 Å². The number of anilines is 2. The highest BCUT2D eigenvalue weighted by molar-refractivity contribution is 5.39. The Bertz CT molecular complexity index is 355. The third kappa shape index (κ3) is 4.87. The van der Waals surface area contributed by atoms with Crippen molar-refractivity contribution in [3.05, 3.63) is 12.3 Å². The molecule has 2 N–H and O–H groups in total. The van der Waals surface area contributed by atoms with Gasteiger partial charge in [0.1, 0.15) is 5.82 Å². The molecule has 18 heavy (non-hydrogen) atoms. The lowest BCUT2D eigenvalue weighted by atomic mass is 10.5. The summed E-state index contributed by atoms with van der Waals surface area (Å²) >= 11 is 0. The Kier molecular flexibility index (Phi) is 5.20. The molecule has 0 atom stereocenters. The maximum absolute atomic E-state index is 5.55. The summed E-state index contributed by atoms with van der Waals surface area (Å²) in [6.45, 7) is 5.45. The van der Waals surface area contributed by atoms with Crippen molar-refractivity contribution in [2.24, 2.45) is 5.92 Å². The average Bonchev–Trinajstić information content (AvgIpc) is 3.20. The SMILES string of the molecule is CCCNc1nccc(NCCOCC2CC2)n1. The van der Waals surface area contributed by atoms with E-state index in [0.29, 0.717) is 5.95 Å². The zero-order chi connectivity index (χ0) is 12.6. The van der Waals surface area contributed by atoms with Crippen LogP contribution >= 0.6 is 0 Å². The van der Waals surface area contributed by atoms with E-state index in [-0.39, 0.29) is 0 Å². The molecule has 1 aromatic heterocycles. The highest BCUT2D eigenvalue weighted by Gasteiger charge is 2.20. The van der Waals surface area contributed by atoms with Crippen molar-refractivity contribution < 1.29 is 4.74 Å². The van der Waals surface area contributed by atoms with Crippen LogP contribution in [-0.2, 0) is 4.74 Å². The van der Waals surface area contributed by atoms with Crippen molar-refractivity contribution in [3.63, 3.8) is 0 Å². The molecular formula is C13H22N4O. The Morgan fingerprint density at radius 1 is 1.33 bits per heavy atom. The predicted molar refractivity (Wildman–Crippen MR) is 72.8 cm³/mol.